The fourth-order valence-corrected chi connectivity index (χ4v) is 4.39. The van der Waals surface area contributed by atoms with Crippen molar-refractivity contribution >= 4 is 27.6 Å². The summed E-state index contributed by atoms with van der Waals surface area (Å²) in [6.07, 6.45) is 0. The molecular formula is C18H19ClN2O6S. The number of halogens is 1. The Morgan fingerprint density at radius 2 is 1.93 bits per heavy atom. The summed E-state index contributed by atoms with van der Waals surface area (Å²) < 4.78 is 38.6. The standard InChI is InChI=1S/C18H19ClN2O6S/c1-21(2)14(11-4-6-15-16(7-11)27-10-26-15)9-20-28(24,25)17-8-12(18(22)23)3-5-13(17)19/h3-8,14,20H,9-10H2,1-2H3,(H,22,23). The highest BCUT2D eigenvalue weighted by atomic mass is 35.5. The van der Waals surface area contributed by atoms with Gasteiger partial charge in [0.25, 0.3) is 0 Å². The lowest BCUT2D eigenvalue weighted by molar-refractivity contribution is 0.0696. The van der Waals surface area contributed by atoms with E-state index in [1.807, 2.05) is 25.1 Å². The summed E-state index contributed by atoms with van der Waals surface area (Å²) in [5.74, 6) is 0.00293. The number of rotatable bonds is 7. The monoisotopic (exact) mass is 426 g/mol. The van der Waals surface area contributed by atoms with Gasteiger partial charge >= 0.3 is 5.97 Å². The summed E-state index contributed by atoms with van der Waals surface area (Å²) in [4.78, 5) is 12.7. The van der Waals surface area contributed by atoms with Gasteiger partial charge < -0.3 is 19.5 Å². The van der Waals surface area contributed by atoms with E-state index < -0.39 is 16.0 Å². The third-order valence-corrected chi connectivity index (χ3v) is 6.24. The van der Waals surface area contributed by atoms with Crippen molar-refractivity contribution in [1.82, 2.24) is 9.62 Å². The molecule has 10 heteroatoms. The van der Waals surface area contributed by atoms with Gasteiger partial charge in [-0.25, -0.2) is 17.9 Å². The minimum atomic E-state index is -4.02. The second kappa shape index (κ2) is 7.96. The number of hydrogen-bond acceptors (Lipinski definition) is 6. The number of carboxylic acids is 1. The number of nitrogens with zero attached hydrogens (tertiary/aromatic N) is 1. The molecule has 28 heavy (non-hydrogen) atoms. The summed E-state index contributed by atoms with van der Waals surface area (Å²) in [5, 5.41) is 9.04. The molecule has 0 amide bonds. The van der Waals surface area contributed by atoms with E-state index in [9.17, 15) is 13.2 Å². The lowest BCUT2D eigenvalue weighted by Gasteiger charge is -2.25. The maximum atomic E-state index is 12.7. The Labute approximate surface area is 167 Å². The number of carbonyl (C=O) groups is 1. The SMILES string of the molecule is CN(C)C(CNS(=O)(=O)c1cc(C(=O)O)ccc1Cl)c1ccc2c(c1)OCO2. The first-order chi connectivity index (χ1) is 13.2. The van der Waals surface area contributed by atoms with E-state index in [4.69, 9.17) is 26.2 Å². The molecule has 1 heterocycles. The molecule has 0 saturated carbocycles. The Kier molecular flexibility index (Phi) is 5.80. The van der Waals surface area contributed by atoms with Crippen molar-refractivity contribution in [3.8, 4) is 11.5 Å². The molecule has 0 spiro atoms. The van der Waals surface area contributed by atoms with Crippen LogP contribution < -0.4 is 14.2 Å². The molecule has 2 aromatic rings. The van der Waals surface area contributed by atoms with Crippen molar-refractivity contribution in [3.05, 3.63) is 52.5 Å². The van der Waals surface area contributed by atoms with Gasteiger partial charge in [0, 0.05) is 12.6 Å². The zero-order chi connectivity index (χ0) is 20.5. The Bertz CT molecular complexity index is 1010. The van der Waals surface area contributed by atoms with Gasteiger partial charge in [-0.2, -0.15) is 0 Å². The quantitative estimate of drug-likeness (QED) is 0.700. The van der Waals surface area contributed by atoms with Crippen LogP contribution in [0.15, 0.2) is 41.3 Å². The number of hydrogen-bond donors (Lipinski definition) is 2. The summed E-state index contributed by atoms with van der Waals surface area (Å²) in [6, 6.07) is 8.66. The van der Waals surface area contributed by atoms with Gasteiger partial charge in [-0.3, -0.25) is 0 Å². The van der Waals surface area contributed by atoms with Crippen LogP contribution in [0.2, 0.25) is 5.02 Å². The molecule has 0 aromatic heterocycles. The van der Waals surface area contributed by atoms with E-state index >= 15 is 0 Å². The van der Waals surface area contributed by atoms with Crippen molar-refractivity contribution in [1.29, 1.82) is 0 Å². The Hall–Kier alpha value is -2.33. The van der Waals surface area contributed by atoms with E-state index in [-0.39, 0.29) is 34.9 Å². The van der Waals surface area contributed by atoms with E-state index in [0.717, 1.165) is 11.6 Å². The molecule has 0 radical (unpaired) electrons. The Morgan fingerprint density at radius 1 is 1.21 bits per heavy atom. The highest BCUT2D eigenvalue weighted by Gasteiger charge is 2.24. The molecule has 3 rings (SSSR count). The first kappa shape index (κ1) is 20.4. The van der Waals surface area contributed by atoms with Crippen molar-refractivity contribution in [2.45, 2.75) is 10.9 Å². The fraction of sp³-hybridized carbons (Fsp3) is 0.278. The first-order valence-electron chi connectivity index (χ1n) is 8.27. The minimum absolute atomic E-state index is 0.0443. The van der Waals surface area contributed by atoms with Crippen LogP contribution in [0.5, 0.6) is 11.5 Å². The van der Waals surface area contributed by atoms with E-state index in [1.54, 1.807) is 12.1 Å². The lowest BCUT2D eigenvalue weighted by Crippen LogP contribution is -2.34. The highest BCUT2D eigenvalue weighted by molar-refractivity contribution is 7.89. The van der Waals surface area contributed by atoms with E-state index in [1.165, 1.54) is 12.1 Å². The van der Waals surface area contributed by atoms with Crippen LogP contribution in [-0.2, 0) is 10.0 Å². The average Bonchev–Trinajstić information content (AvgIpc) is 3.09. The van der Waals surface area contributed by atoms with Gasteiger partial charge in [0.1, 0.15) is 4.90 Å². The van der Waals surface area contributed by atoms with Gasteiger partial charge in [0.05, 0.1) is 10.6 Å². The Morgan fingerprint density at radius 3 is 2.61 bits per heavy atom. The predicted molar refractivity (Wildman–Crippen MR) is 103 cm³/mol. The van der Waals surface area contributed by atoms with Crippen molar-refractivity contribution in [2.75, 3.05) is 27.4 Å². The van der Waals surface area contributed by atoms with Gasteiger partial charge in [0.15, 0.2) is 11.5 Å². The normalized spacial score (nSPS) is 14.3. The number of aromatic carboxylic acids is 1. The van der Waals surface area contributed by atoms with Crippen LogP contribution in [0.3, 0.4) is 0 Å². The fourth-order valence-electron chi connectivity index (χ4n) is 2.83. The summed E-state index contributed by atoms with van der Waals surface area (Å²) in [6.45, 7) is 0.194. The van der Waals surface area contributed by atoms with E-state index in [0.29, 0.717) is 11.5 Å². The molecule has 1 aliphatic heterocycles. The molecule has 2 aromatic carbocycles. The van der Waals surface area contributed by atoms with Crippen molar-refractivity contribution in [2.24, 2.45) is 0 Å². The molecule has 0 fully saturated rings. The smallest absolute Gasteiger partial charge is 0.335 e. The molecule has 1 aliphatic rings. The molecule has 150 valence electrons. The average molecular weight is 427 g/mol. The van der Waals surface area contributed by atoms with Crippen molar-refractivity contribution in [3.63, 3.8) is 0 Å². The van der Waals surface area contributed by atoms with Crippen LogP contribution in [0.1, 0.15) is 22.0 Å². The minimum Gasteiger partial charge on any atom is -0.478 e. The van der Waals surface area contributed by atoms with Gasteiger partial charge in [-0.15, -0.1) is 0 Å². The maximum Gasteiger partial charge on any atom is 0.335 e. The first-order valence-corrected chi connectivity index (χ1v) is 10.1. The third-order valence-electron chi connectivity index (χ3n) is 4.34. The second-order valence-corrected chi connectivity index (χ2v) is 8.54. The van der Waals surface area contributed by atoms with Crippen molar-refractivity contribution < 1.29 is 27.8 Å². The number of fused-ring (bicyclic) bond motifs is 1. The van der Waals surface area contributed by atoms with Gasteiger partial charge in [-0.1, -0.05) is 17.7 Å². The highest BCUT2D eigenvalue weighted by Crippen LogP contribution is 2.35. The number of likely N-dealkylation sites (N-methyl/N-ethyl adjacent to an activating group) is 1. The Balaban J connectivity index is 1.84. The number of sulfonamides is 1. The number of benzene rings is 2. The molecule has 0 aliphatic carbocycles. The summed E-state index contributed by atoms with van der Waals surface area (Å²) in [7, 11) is -0.381. The molecule has 1 atom stereocenters. The lowest BCUT2D eigenvalue weighted by atomic mass is 10.1. The summed E-state index contributed by atoms with van der Waals surface area (Å²) in [5.41, 5.74) is 0.673. The zero-order valence-electron chi connectivity index (χ0n) is 15.2. The van der Waals surface area contributed by atoms with Crippen LogP contribution in [0, 0.1) is 0 Å². The number of carboxylic acid groups (broad SMARTS) is 1. The number of nitrogens with one attached hydrogen (secondary N) is 1. The largest absolute Gasteiger partial charge is 0.478 e. The van der Waals surface area contributed by atoms with Gasteiger partial charge in [-0.05, 0) is 50.0 Å². The molecule has 8 nitrogen and oxygen atoms in total. The molecule has 1 unspecified atom stereocenters. The second-order valence-electron chi connectivity index (χ2n) is 6.39. The zero-order valence-corrected chi connectivity index (χ0v) is 16.7. The predicted octanol–water partition coefficient (Wildman–Crippen LogP) is 2.35. The van der Waals surface area contributed by atoms with Gasteiger partial charge in [0.2, 0.25) is 16.8 Å². The topological polar surface area (TPSA) is 105 Å². The molecule has 2 N–H and O–H groups in total. The summed E-state index contributed by atoms with van der Waals surface area (Å²) >= 11 is 5.99. The van der Waals surface area contributed by atoms with Crippen LogP contribution in [-0.4, -0.2) is 51.8 Å². The maximum absolute atomic E-state index is 12.7. The molecular weight excluding hydrogens is 408 g/mol. The molecule has 0 bridgehead atoms. The van der Waals surface area contributed by atoms with Crippen LogP contribution >= 0.6 is 11.6 Å². The third kappa shape index (κ3) is 4.22. The van der Waals surface area contributed by atoms with Crippen LogP contribution in [0.4, 0.5) is 0 Å². The van der Waals surface area contributed by atoms with E-state index in [2.05, 4.69) is 4.72 Å². The van der Waals surface area contributed by atoms with Crippen LogP contribution in [0.25, 0.3) is 0 Å². The number of ether oxygens (including phenoxy) is 2. The molecule has 0 saturated heterocycles.